The first kappa shape index (κ1) is 18.9. The summed E-state index contributed by atoms with van der Waals surface area (Å²) < 4.78 is 16.0. The molecule has 1 aliphatic heterocycles. The Morgan fingerprint density at radius 3 is 2.81 bits per heavy atom. The summed E-state index contributed by atoms with van der Waals surface area (Å²) in [5.74, 6) is 0.330. The van der Waals surface area contributed by atoms with E-state index in [4.69, 9.17) is 19.9 Å². The van der Waals surface area contributed by atoms with Gasteiger partial charge in [0.05, 0.1) is 26.8 Å². The fraction of sp³-hybridized carbons (Fsp3) is 0.375. The van der Waals surface area contributed by atoms with E-state index in [1.807, 2.05) is 0 Å². The van der Waals surface area contributed by atoms with Gasteiger partial charge in [-0.3, -0.25) is 9.59 Å². The van der Waals surface area contributed by atoms with E-state index in [-0.39, 0.29) is 25.0 Å². The van der Waals surface area contributed by atoms with Crippen molar-refractivity contribution in [1.82, 2.24) is 20.8 Å². The molecule has 144 valence electrons. The monoisotopic (exact) mass is 393 g/mol. The SMILES string of the molecule is COc1ccc([C@H]2NC(=O)CO[C@@H]2C(=O)NCc2nnc(N)s2)cc1OC. The van der Waals surface area contributed by atoms with Crippen molar-refractivity contribution in [2.75, 3.05) is 26.6 Å². The molecule has 1 aromatic carbocycles. The molecule has 0 radical (unpaired) electrons. The molecule has 0 bridgehead atoms. The number of rotatable bonds is 6. The number of carbonyl (C=O) groups is 2. The highest BCUT2D eigenvalue weighted by molar-refractivity contribution is 7.15. The molecule has 2 amide bonds. The first-order valence-electron chi connectivity index (χ1n) is 8.00. The Kier molecular flexibility index (Phi) is 5.72. The minimum Gasteiger partial charge on any atom is -0.493 e. The number of ether oxygens (including phenoxy) is 3. The summed E-state index contributed by atoms with van der Waals surface area (Å²) >= 11 is 1.18. The highest BCUT2D eigenvalue weighted by atomic mass is 32.1. The summed E-state index contributed by atoms with van der Waals surface area (Å²) in [6.45, 7) is -0.0339. The van der Waals surface area contributed by atoms with E-state index in [2.05, 4.69) is 20.8 Å². The zero-order chi connectivity index (χ0) is 19.4. The summed E-state index contributed by atoms with van der Waals surface area (Å²) in [4.78, 5) is 24.4. The van der Waals surface area contributed by atoms with E-state index in [1.165, 1.54) is 25.6 Å². The number of benzene rings is 1. The zero-order valence-electron chi connectivity index (χ0n) is 14.7. The molecule has 11 heteroatoms. The number of nitrogens with two attached hydrogens (primary N) is 1. The number of aromatic nitrogens is 2. The fourth-order valence-corrected chi connectivity index (χ4v) is 3.23. The summed E-state index contributed by atoms with van der Waals surface area (Å²) in [5, 5.41) is 14.0. The summed E-state index contributed by atoms with van der Waals surface area (Å²) in [7, 11) is 3.04. The molecule has 1 aromatic heterocycles. The number of nitrogens with zero attached hydrogens (tertiary/aromatic N) is 2. The van der Waals surface area contributed by atoms with E-state index in [1.54, 1.807) is 18.2 Å². The second-order valence-corrected chi connectivity index (χ2v) is 6.74. The van der Waals surface area contributed by atoms with Crippen molar-refractivity contribution < 1.29 is 23.8 Å². The number of hydrogen-bond donors (Lipinski definition) is 3. The number of carbonyl (C=O) groups excluding carboxylic acids is 2. The standard InChI is InChI=1S/C16H19N5O5S/c1-24-9-4-3-8(5-10(9)25-2)13-14(26-7-11(22)19-13)15(23)18-6-12-20-21-16(17)27-12/h3-5,13-14H,6-7H2,1-2H3,(H2,17,21)(H,18,23)(H,19,22)/t13-,14+/m1/s1. The average molecular weight is 393 g/mol. The lowest BCUT2D eigenvalue weighted by atomic mass is 9.98. The topological polar surface area (TPSA) is 138 Å². The van der Waals surface area contributed by atoms with E-state index in [0.717, 1.165) is 0 Å². The predicted octanol–water partition coefficient (Wildman–Crippen LogP) is 0.0100. The van der Waals surface area contributed by atoms with Gasteiger partial charge in [-0.25, -0.2) is 0 Å². The van der Waals surface area contributed by atoms with Crippen molar-refractivity contribution in [3.63, 3.8) is 0 Å². The van der Waals surface area contributed by atoms with E-state index in [9.17, 15) is 9.59 Å². The number of hydrogen-bond acceptors (Lipinski definition) is 9. The highest BCUT2D eigenvalue weighted by Gasteiger charge is 2.36. The molecule has 1 aliphatic rings. The molecule has 0 saturated carbocycles. The summed E-state index contributed by atoms with van der Waals surface area (Å²) in [5.41, 5.74) is 6.18. The fourth-order valence-electron chi connectivity index (χ4n) is 2.69. The van der Waals surface area contributed by atoms with Crippen molar-refractivity contribution in [3.05, 3.63) is 28.8 Å². The molecule has 3 rings (SSSR count). The van der Waals surface area contributed by atoms with Crippen molar-refractivity contribution >= 4 is 28.3 Å². The maximum Gasteiger partial charge on any atom is 0.252 e. The van der Waals surface area contributed by atoms with Gasteiger partial charge in [0.1, 0.15) is 11.6 Å². The van der Waals surface area contributed by atoms with E-state index in [0.29, 0.717) is 27.2 Å². The molecule has 27 heavy (non-hydrogen) atoms. The predicted molar refractivity (Wildman–Crippen MR) is 96.3 cm³/mol. The molecule has 10 nitrogen and oxygen atoms in total. The average Bonchev–Trinajstić information content (AvgIpc) is 3.10. The molecule has 1 saturated heterocycles. The number of nitrogens with one attached hydrogen (secondary N) is 2. The second-order valence-electron chi connectivity index (χ2n) is 5.64. The lowest BCUT2D eigenvalue weighted by Crippen LogP contribution is -2.52. The van der Waals surface area contributed by atoms with Gasteiger partial charge in [-0.05, 0) is 17.7 Å². The van der Waals surface area contributed by atoms with Crippen LogP contribution in [0.4, 0.5) is 5.13 Å². The quantitative estimate of drug-likeness (QED) is 0.624. The van der Waals surface area contributed by atoms with Crippen LogP contribution in [0.2, 0.25) is 0 Å². The highest BCUT2D eigenvalue weighted by Crippen LogP contribution is 2.32. The Balaban J connectivity index is 1.78. The van der Waals surface area contributed by atoms with Gasteiger partial charge in [0, 0.05) is 0 Å². The van der Waals surface area contributed by atoms with Gasteiger partial charge < -0.3 is 30.6 Å². The van der Waals surface area contributed by atoms with Gasteiger partial charge in [-0.15, -0.1) is 10.2 Å². The maximum atomic E-state index is 12.6. The minimum absolute atomic E-state index is 0.167. The van der Waals surface area contributed by atoms with Gasteiger partial charge in [0.15, 0.2) is 17.6 Å². The third kappa shape index (κ3) is 4.26. The molecule has 2 aromatic rings. The number of anilines is 1. The van der Waals surface area contributed by atoms with Crippen molar-refractivity contribution in [2.24, 2.45) is 0 Å². The zero-order valence-corrected chi connectivity index (χ0v) is 15.5. The molecular weight excluding hydrogens is 374 g/mol. The number of amides is 2. The summed E-state index contributed by atoms with van der Waals surface area (Å²) in [6.07, 6.45) is -0.911. The Morgan fingerprint density at radius 1 is 1.37 bits per heavy atom. The molecule has 2 heterocycles. The van der Waals surface area contributed by atoms with Crippen LogP contribution in [0, 0.1) is 0 Å². The molecule has 0 unspecified atom stereocenters. The third-order valence-electron chi connectivity index (χ3n) is 3.93. The lowest BCUT2D eigenvalue weighted by molar-refractivity contribution is -0.148. The molecule has 1 fully saturated rings. The van der Waals surface area contributed by atoms with E-state index >= 15 is 0 Å². The summed E-state index contributed by atoms with van der Waals surface area (Å²) in [6, 6.07) is 4.47. The third-order valence-corrected chi connectivity index (χ3v) is 4.69. The van der Waals surface area contributed by atoms with Crippen molar-refractivity contribution in [3.8, 4) is 11.5 Å². The minimum atomic E-state index is -0.911. The van der Waals surface area contributed by atoms with Crippen LogP contribution < -0.4 is 25.8 Å². The van der Waals surface area contributed by atoms with Crippen LogP contribution in [0.15, 0.2) is 18.2 Å². The largest absolute Gasteiger partial charge is 0.493 e. The lowest BCUT2D eigenvalue weighted by Gasteiger charge is -2.32. The van der Waals surface area contributed by atoms with Gasteiger partial charge in [0.25, 0.3) is 5.91 Å². The Morgan fingerprint density at radius 2 is 2.15 bits per heavy atom. The van der Waals surface area contributed by atoms with Crippen LogP contribution in [-0.4, -0.2) is 48.9 Å². The van der Waals surface area contributed by atoms with Crippen LogP contribution >= 0.6 is 11.3 Å². The first-order valence-corrected chi connectivity index (χ1v) is 8.82. The van der Waals surface area contributed by atoms with Gasteiger partial charge in [-0.2, -0.15) is 0 Å². The van der Waals surface area contributed by atoms with Crippen molar-refractivity contribution in [1.29, 1.82) is 0 Å². The molecule has 0 spiro atoms. The van der Waals surface area contributed by atoms with E-state index < -0.39 is 12.1 Å². The number of nitrogen functional groups attached to an aromatic ring is 1. The molecule has 2 atom stereocenters. The Bertz CT molecular complexity index is 842. The number of morpholine rings is 1. The van der Waals surface area contributed by atoms with Crippen LogP contribution in [0.25, 0.3) is 0 Å². The molecular formula is C16H19N5O5S. The van der Waals surface area contributed by atoms with Crippen LogP contribution in [0.5, 0.6) is 11.5 Å². The smallest absolute Gasteiger partial charge is 0.252 e. The molecule has 4 N–H and O–H groups in total. The number of methoxy groups -OCH3 is 2. The second kappa shape index (κ2) is 8.18. The van der Waals surface area contributed by atoms with Crippen molar-refractivity contribution in [2.45, 2.75) is 18.7 Å². The first-order chi connectivity index (χ1) is 13.0. The van der Waals surface area contributed by atoms with Gasteiger partial charge >= 0.3 is 0 Å². The molecule has 0 aliphatic carbocycles. The maximum absolute atomic E-state index is 12.6. The Hall–Kier alpha value is -2.92. The Labute approximate surface area is 159 Å². The van der Waals surface area contributed by atoms with Crippen LogP contribution in [0.1, 0.15) is 16.6 Å². The van der Waals surface area contributed by atoms with Gasteiger partial charge in [-0.1, -0.05) is 17.4 Å². The van der Waals surface area contributed by atoms with Crippen LogP contribution in [0.3, 0.4) is 0 Å². The van der Waals surface area contributed by atoms with Gasteiger partial charge in [0.2, 0.25) is 11.0 Å². The van der Waals surface area contributed by atoms with Crippen LogP contribution in [-0.2, 0) is 20.9 Å². The normalized spacial score (nSPS) is 19.3.